The molecule has 32 heavy (non-hydrogen) atoms. The van der Waals surface area contributed by atoms with Crippen LogP contribution in [0.15, 0.2) is 73.3 Å². The van der Waals surface area contributed by atoms with Gasteiger partial charge in [0.15, 0.2) is 5.65 Å². The summed E-state index contributed by atoms with van der Waals surface area (Å²) in [6.45, 7) is 0. The number of benzene rings is 2. The van der Waals surface area contributed by atoms with Gasteiger partial charge >= 0.3 is 0 Å². The van der Waals surface area contributed by atoms with Crippen molar-refractivity contribution in [1.29, 1.82) is 5.26 Å². The fourth-order valence-electron chi connectivity index (χ4n) is 3.11. The van der Waals surface area contributed by atoms with Gasteiger partial charge in [-0.05, 0) is 59.7 Å². The molecule has 0 aliphatic heterocycles. The molecule has 2 N–H and O–H groups in total. The molecule has 154 valence electrons. The van der Waals surface area contributed by atoms with Gasteiger partial charge in [-0.1, -0.05) is 17.7 Å². The molecule has 2 aromatic carbocycles. The highest BCUT2D eigenvalue weighted by atomic mass is 35.5. The van der Waals surface area contributed by atoms with Gasteiger partial charge in [0.05, 0.1) is 23.0 Å². The summed E-state index contributed by atoms with van der Waals surface area (Å²) in [7, 11) is 0. The first kappa shape index (κ1) is 19.5. The van der Waals surface area contributed by atoms with E-state index >= 15 is 0 Å². The maximum absolute atomic E-state index is 8.96. The number of aromatic amines is 1. The molecule has 0 atom stereocenters. The minimum absolute atomic E-state index is 0.280. The van der Waals surface area contributed by atoms with Gasteiger partial charge in [0.25, 0.3) is 5.88 Å². The van der Waals surface area contributed by atoms with Crippen molar-refractivity contribution in [2.45, 2.75) is 0 Å². The van der Waals surface area contributed by atoms with Crippen LogP contribution in [-0.2, 0) is 0 Å². The number of rotatable bonds is 5. The second-order valence-corrected chi connectivity index (χ2v) is 7.16. The maximum atomic E-state index is 8.96. The lowest BCUT2D eigenvalue weighted by molar-refractivity contribution is 0.468. The second-order valence-electron chi connectivity index (χ2n) is 6.75. The van der Waals surface area contributed by atoms with E-state index in [1.165, 1.54) is 6.33 Å². The van der Waals surface area contributed by atoms with Crippen LogP contribution in [0.1, 0.15) is 5.56 Å². The van der Waals surface area contributed by atoms with Crippen molar-refractivity contribution in [3.63, 3.8) is 0 Å². The van der Waals surface area contributed by atoms with E-state index in [-0.39, 0.29) is 5.88 Å². The number of nitrogens with one attached hydrogen (secondary N) is 2. The van der Waals surface area contributed by atoms with Crippen LogP contribution in [-0.4, -0.2) is 24.9 Å². The molecule has 8 nitrogen and oxygen atoms in total. The summed E-state index contributed by atoms with van der Waals surface area (Å²) < 4.78 is 6.04. The molecule has 0 fully saturated rings. The standard InChI is InChI=1S/C23H14ClN7O/c24-18-11-16(15-7-9-26-10-8-15)3-6-19(18)32-22-20-21(28-13-27-20)30-23(31-22)29-17-4-1-14(12-25)2-5-17/h1-11,13H,(H2,27,28,29,30,31). The first-order valence-electron chi connectivity index (χ1n) is 9.56. The lowest BCUT2D eigenvalue weighted by Gasteiger charge is -2.11. The number of nitrogens with zero attached hydrogens (tertiary/aromatic N) is 5. The Balaban J connectivity index is 1.46. The number of imidazole rings is 1. The van der Waals surface area contributed by atoms with Crippen LogP contribution < -0.4 is 10.1 Å². The minimum atomic E-state index is 0.280. The molecule has 3 heterocycles. The zero-order valence-electron chi connectivity index (χ0n) is 16.5. The van der Waals surface area contributed by atoms with Gasteiger partial charge in [0.1, 0.15) is 11.3 Å². The molecule has 9 heteroatoms. The van der Waals surface area contributed by atoms with Gasteiger partial charge in [-0.15, -0.1) is 0 Å². The Morgan fingerprint density at radius 1 is 0.969 bits per heavy atom. The Morgan fingerprint density at radius 3 is 2.53 bits per heavy atom. The van der Waals surface area contributed by atoms with E-state index in [0.29, 0.717) is 33.4 Å². The molecular weight excluding hydrogens is 426 g/mol. The topological polar surface area (TPSA) is 112 Å². The van der Waals surface area contributed by atoms with Crippen molar-refractivity contribution < 1.29 is 4.74 Å². The van der Waals surface area contributed by atoms with Crippen LogP contribution in [0.5, 0.6) is 11.6 Å². The number of ether oxygens (including phenoxy) is 1. The first-order valence-corrected chi connectivity index (χ1v) is 9.93. The third-order valence-electron chi connectivity index (χ3n) is 4.67. The van der Waals surface area contributed by atoms with E-state index in [0.717, 1.165) is 16.8 Å². The second kappa shape index (κ2) is 8.34. The van der Waals surface area contributed by atoms with Crippen LogP contribution in [0, 0.1) is 11.3 Å². The average molecular weight is 440 g/mol. The van der Waals surface area contributed by atoms with E-state index in [2.05, 4.69) is 36.3 Å². The Labute approximate surface area is 187 Å². The summed E-state index contributed by atoms with van der Waals surface area (Å²) in [5.41, 5.74) is 4.22. The Bertz CT molecular complexity index is 1440. The monoisotopic (exact) mass is 439 g/mol. The highest BCUT2D eigenvalue weighted by Crippen LogP contribution is 2.35. The van der Waals surface area contributed by atoms with Gasteiger partial charge in [-0.3, -0.25) is 4.98 Å². The lowest BCUT2D eigenvalue weighted by atomic mass is 10.1. The molecule has 0 amide bonds. The third kappa shape index (κ3) is 3.93. The van der Waals surface area contributed by atoms with Crippen molar-refractivity contribution in [2.75, 3.05) is 5.32 Å². The summed E-state index contributed by atoms with van der Waals surface area (Å²) >= 11 is 6.50. The van der Waals surface area contributed by atoms with Crippen molar-refractivity contribution >= 4 is 34.4 Å². The fourth-order valence-corrected chi connectivity index (χ4v) is 3.32. The number of hydrogen-bond acceptors (Lipinski definition) is 7. The molecule has 5 aromatic rings. The van der Waals surface area contributed by atoms with Gasteiger partial charge in [0.2, 0.25) is 5.95 Å². The van der Waals surface area contributed by atoms with Crippen LogP contribution in [0.25, 0.3) is 22.3 Å². The first-order chi connectivity index (χ1) is 15.7. The lowest BCUT2D eigenvalue weighted by Crippen LogP contribution is -2.00. The summed E-state index contributed by atoms with van der Waals surface area (Å²) in [5.74, 6) is 1.03. The number of nitriles is 1. The summed E-state index contributed by atoms with van der Waals surface area (Å²) in [4.78, 5) is 20.1. The van der Waals surface area contributed by atoms with E-state index in [4.69, 9.17) is 21.6 Å². The molecule has 0 aliphatic carbocycles. The highest BCUT2D eigenvalue weighted by Gasteiger charge is 2.14. The predicted octanol–water partition coefficient (Wildman–Crippen LogP) is 5.48. The maximum Gasteiger partial charge on any atom is 0.250 e. The SMILES string of the molecule is N#Cc1ccc(Nc2nc(Oc3ccc(-c4ccncc4)cc3Cl)c3[nH]cnc3n2)cc1. The van der Waals surface area contributed by atoms with E-state index in [1.54, 1.807) is 42.7 Å². The Hall–Kier alpha value is -4.48. The number of fused-ring (bicyclic) bond motifs is 1. The van der Waals surface area contributed by atoms with E-state index < -0.39 is 0 Å². The summed E-state index contributed by atoms with van der Waals surface area (Å²) in [5, 5.41) is 12.5. The van der Waals surface area contributed by atoms with Gasteiger partial charge in [0, 0.05) is 18.1 Å². The quantitative estimate of drug-likeness (QED) is 0.373. The van der Waals surface area contributed by atoms with Crippen LogP contribution in [0.3, 0.4) is 0 Å². The Morgan fingerprint density at radius 2 is 1.78 bits per heavy atom. The normalized spacial score (nSPS) is 10.6. The van der Waals surface area contributed by atoms with Crippen LogP contribution in [0.2, 0.25) is 5.02 Å². The highest BCUT2D eigenvalue weighted by molar-refractivity contribution is 6.32. The zero-order valence-corrected chi connectivity index (χ0v) is 17.2. The molecule has 0 saturated heterocycles. The third-order valence-corrected chi connectivity index (χ3v) is 4.97. The summed E-state index contributed by atoms with van der Waals surface area (Å²) in [6, 6.07) is 18.4. The molecule has 0 saturated carbocycles. The number of aromatic nitrogens is 5. The van der Waals surface area contributed by atoms with E-state index in [1.807, 2.05) is 24.3 Å². The predicted molar refractivity (Wildman–Crippen MR) is 121 cm³/mol. The number of H-pyrrole nitrogens is 1. The van der Waals surface area contributed by atoms with Gasteiger partial charge in [-0.2, -0.15) is 15.2 Å². The smallest absolute Gasteiger partial charge is 0.250 e. The molecule has 0 bridgehead atoms. The van der Waals surface area contributed by atoms with Crippen molar-refractivity contribution in [3.05, 3.63) is 83.9 Å². The van der Waals surface area contributed by atoms with Gasteiger partial charge in [-0.25, -0.2) is 4.98 Å². The van der Waals surface area contributed by atoms with Crippen LogP contribution >= 0.6 is 11.6 Å². The van der Waals surface area contributed by atoms with Gasteiger partial charge < -0.3 is 15.0 Å². The molecule has 0 unspecified atom stereocenters. The molecule has 3 aromatic heterocycles. The summed E-state index contributed by atoms with van der Waals surface area (Å²) in [6.07, 6.45) is 4.98. The number of pyridine rings is 1. The number of halogens is 1. The molecule has 0 aliphatic rings. The number of anilines is 2. The largest absolute Gasteiger partial charge is 0.435 e. The zero-order chi connectivity index (χ0) is 21.9. The van der Waals surface area contributed by atoms with Crippen molar-refractivity contribution in [3.8, 4) is 28.8 Å². The Kier molecular flexibility index (Phi) is 5.07. The molecular formula is C23H14ClN7O. The van der Waals surface area contributed by atoms with Crippen molar-refractivity contribution in [1.82, 2.24) is 24.9 Å². The fraction of sp³-hybridized carbons (Fsp3) is 0. The molecule has 0 radical (unpaired) electrons. The van der Waals surface area contributed by atoms with Crippen molar-refractivity contribution in [2.24, 2.45) is 0 Å². The average Bonchev–Trinajstić information content (AvgIpc) is 3.30. The molecule has 5 rings (SSSR count). The number of hydrogen-bond donors (Lipinski definition) is 2. The van der Waals surface area contributed by atoms with E-state index in [9.17, 15) is 0 Å². The minimum Gasteiger partial charge on any atom is -0.435 e. The van der Waals surface area contributed by atoms with Crippen LogP contribution in [0.4, 0.5) is 11.6 Å². The molecule has 0 spiro atoms.